The topological polar surface area (TPSA) is 0 Å². The molecule has 0 heterocycles. The van der Waals surface area contributed by atoms with E-state index in [2.05, 4.69) is 15.9 Å². The molecule has 0 radical (unpaired) electrons. The summed E-state index contributed by atoms with van der Waals surface area (Å²) in [6, 6.07) is -2.14. The molecule has 1 aliphatic rings. The van der Waals surface area contributed by atoms with Crippen molar-refractivity contribution in [3.63, 3.8) is 0 Å². The van der Waals surface area contributed by atoms with E-state index in [4.69, 9.17) is 12.3 Å². The Kier molecular flexibility index (Phi) is 0.452. The van der Waals surface area contributed by atoms with Crippen LogP contribution < -0.4 is 0 Å². The molecule has 1 heteroatoms. The molecule has 0 saturated heterocycles. The lowest BCUT2D eigenvalue weighted by Crippen LogP contribution is -1.78. The van der Waals surface area contributed by atoms with Gasteiger partial charge in [0.05, 0.1) is 5.48 Å². The van der Waals surface area contributed by atoms with Gasteiger partial charge in [0, 0.05) is 11.3 Å². The Hall–Kier alpha value is -0.300. The summed E-state index contributed by atoms with van der Waals surface area (Å²) in [6.07, 6.45) is -5.03. The Morgan fingerprint density at radius 3 is 3.00 bits per heavy atom. The molecule has 1 aromatic carbocycles. The van der Waals surface area contributed by atoms with Crippen molar-refractivity contribution < 1.29 is 12.3 Å². The zero-order valence-electron chi connectivity index (χ0n) is 13.9. The van der Waals surface area contributed by atoms with Crippen molar-refractivity contribution in [1.82, 2.24) is 0 Å². The summed E-state index contributed by atoms with van der Waals surface area (Å²) in [5, 5.41) is 0. The van der Waals surface area contributed by atoms with E-state index in [-0.39, 0.29) is 10.0 Å². The molecule has 0 bridgehead atoms. The second-order valence-electron chi connectivity index (χ2n) is 1.81. The van der Waals surface area contributed by atoms with Crippen molar-refractivity contribution in [3.05, 3.63) is 34.2 Å². The van der Waals surface area contributed by atoms with Crippen molar-refractivity contribution in [2.45, 2.75) is 18.6 Å². The quantitative estimate of drug-likeness (QED) is 0.661. The van der Waals surface area contributed by atoms with Crippen LogP contribution in [-0.4, -0.2) is 0 Å². The van der Waals surface area contributed by atoms with Gasteiger partial charge in [-0.25, -0.2) is 0 Å². The molecule has 0 amide bonds. The van der Waals surface area contributed by atoms with E-state index in [0.29, 0.717) is 0 Å². The number of benzene rings is 1. The van der Waals surface area contributed by atoms with Crippen molar-refractivity contribution in [2.75, 3.05) is 0 Å². The molecule has 1 aliphatic carbocycles. The SMILES string of the molecule is [2H]c1c([2H])c([2H])c(C2([2H])C([2H])([2H])C2([2H])[2H])c(Br)c1[2H]. The molecule has 0 N–H and O–H groups in total. The molecule has 1 aromatic rings. The molecule has 0 aliphatic heterocycles. The maximum Gasteiger partial charge on any atom is 0.0635 e. The highest BCUT2D eigenvalue weighted by Gasteiger charge is 2.24. The highest BCUT2D eigenvalue weighted by atomic mass is 79.9. The highest BCUT2D eigenvalue weighted by Crippen LogP contribution is 2.42. The summed E-state index contributed by atoms with van der Waals surface area (Å²) < 4.78 is 68.5. The smallest absolute Gasteiger partial charge is 0.0619 e. The summed E-state index contributed by atoms with van der Waals surface area (Å²) in [6.45, 7) is 0. The van der Waals surface area contributed by atoms with Gasteiger partial charge in [-0.3, -0.25) is 0 Å². The average molecular weight is 206 g/mol. The molecule has 1 fully saturated rings. The van der Waals surface area contributed by atoms with E-state index < -0.39 is 42.8 Å². The average Bonchev–Trinajstić information content (AvgIpc) is 2.62. The van der Waals surface area contributed by atoms with Gasteiger partial charge in [-0.05, 0) is 30.2 Å². The third-order valence-corrected chi connectivity index (χ3v) is 1.74. The first-order chi connectivity index (χ1) is 8.43. The minimum absolute atomic E-state index is 0.168. The van der Waals surface area contributed by atoms with Crippen LogP contribution in [0.2, 0.25) is 0 Å². The van der Waals surface area contributed by atoms with Crippen molar-refractivity contribution in [1.29, 1.82) is 0 Å². The van der Waals surface area contributed by atoms with Gasteiger partial charge in [0.2, 0.25) is 0 Å². The molecule has 0 unspecified atom stereocenters. The maximum atomic E-state index is 8.01. The van der Waals surface area contributed by atoms with E-state index in [1.54, 1.807) is 0 Å². The third-order valence-electron chi connectivity index (χ3n) is 1.14. The lowest BCUT2D eigenvalue weighted by atomic mass is 10.1. The van der Waals surface area contributed by atoms with Crippen LogP contribution >= 0.6 is 15.9 Å². The monoisotopic (exact) mass is 205 g/mol. The molecule has 2 rings (SSSR count). The molecule has 0 spiro atoms. The maximum absolute atomic E-state index is 8.01. The Morgan fingerprint density at radius 2 is 2.30 bits per heavy atom. The van der Waals surface area contributed by atoms with Gasteiger partial charge in [-0.2, -0.15) is 0 Å². The first kappa shape index (κ1) is 1.89. The molecule has 0 atom stereocenters. The van der Waals surface area contributed by atoms with Crippen molar-refractivity contribution in [2.24, 2.45) is 0 Å². The first-order valence-corrected chi connectivity index (χ1v) is 3.48. The fourth-order valence-corrected chi connectivity index (χ4v) is 1.02. The highest BCUT2D eigenvalue weighted by molar-refractivity contribution is 9.10. The van der Waals surface area contributed by atoms with Gasteiger partial charge >= 0.3 is 0 Å². The number of halogens is 1. The zero-order valence-corrected chi connectivity index (χ0v) is 6.46. The van der Waals surface area contributed by atoms with E-state index in [0.717, 1.165) is 0 Å². The molecule has 10 heavy (non-hydrogen) atoms. The van der Waals surface area contributed by atoms with Crippen LogP contribution in [0.3, 0.4) is 0 Å². The molecular weight excluding hydrogens is 188 g/mol. The van der Waals surface area contributed by atoms with Crippen LogP contribution in [-0.2, 0) is 0 Å². The molecule has 1 saturated carbocycles. The number of rotatable bonds is 1. The predicted octanol–water partition coefficient (Wildman–Crippen LogP) is 3.33. The number of hydrogen-bond donors (Lipinski definition) is 0. The van der Waals surface area contributed by atoms with Crippen LogP contribution in [0.4, 0.5) is 0 Å². The van der Waals surface area contributed by atoms with Crippen LogP contribution in [0, 0.1) is 0 Å². The van der Waals surface area contributed by atoms with Gasteiger partial charge in [0.15, 0.2) is 0 Å². The Bertz CT molecular complexity index is 537. The molecule has 52 valence electrons. The summed E-state index contributed by atoms with van der Waals surface area (Å²) in [4.78, 5) is 0. The van der Waals surface area contributed by atoms with Gasteiger partial charge < -0.3 is 0 Å². The van der Waals surface area contributed by atoms with Crippen molar-refractivity contribution >= 4 is 15.9 Å². The second kappa shape index (κ2) is 2.39. The van der Waals surface area contributed by atoms with Crippen LogP contribution in [0.5, 0.6) is 0 Å². The van der Waals surface area contributed by atoms with E-state index in [1.807, 2.05) is 0 Å². The lowest BCUT2D eigenvalue weighted by Gasteiger charge is -1.98. The Balaban J connectivity index is 2.81. The van der Waals surface area contributed by atoms with E-state index in [9.17, 15) is 0 Å². The first-order valence-electron chi connectivity index (χ1n) is 7.19. The van der Waals surface area contributed by atoms with E-state index >= 15 is 0 Å². The molecule has 0 aromatic heterocycles. The van der Waals surface area contributed by atoms with Crippen LogP contribution in [0.25, 0.3) is 0 Å². The molecule has 0 nitrogen and oxygen atoms in total. The standard InChI is InChI=1S/C9H9Br/c10-9-4-2-1-3-8(9)7-5-6-7/h1-4,7H,5-6H2/i1D,2D,3D,4D,5D2,6D2,7D. The van der Waals surface area contributed by atoms with Crippen molar-refractivity contribution in [3.8, 4) is 0 Å². The summed E-state index contributed by atoms with van der Waals surface area (Å²) in [7, 11) is 0. The lowest BCUT2D eigenvalue weighted by molar-refractivity contribution is 1.12. The fourth-order valence-electron chi connectivity index (χ4n) is 0.626. The number of hydrogen-bond acceptors (Lipinski definition) is 0. The van der Waals surface area contributed by atoms with Gasteiger partial charge in [-0.15, -0.1) is 0 Å². The normalized spacial score (nSPS) is 43.5. The Labute approximate surface area is 82.0 Å². The largest absolute Gasteiger partial charge is 0.0635 e. The summed E-state index contributed by atoms with van der Waals surface area (Å²) in [5.74, 6) is -2.35. The minimum Gasteiger partial charge on any atom is -0.0619 e. The van der Waals surface area contributed by atoms with Gasteiger partial charge in [-0.1, -0.05) is 34.1 Å². The summed E-state index contributed by atoms with van der Waals surface area (Å²) >= 11 is 2.93. The Morgan fingerprint density at radius 1 is 1.60 bits per heavy atom. The molecular formula is C9H9Br. The predicted molar refractivity (Wildman–Crippen MR) is 46.1 cm³/mol. The zero-order chi connectivity index (χ0) is 15.0. The van der Waals surface area contributed by atoms with Crippen LogP contribution in [0.15, 0.2) is 28.6 Å². The van der Waals surface area contributed by atoms with Crippen LogP contribution in [0.1, 0.15) is 36.5 Å². The third kappa shape index (κ3) is 1.10. The summed E-state index contributed by atoms with van der Waals surface area (Å²) in [5.41, 5.74) is -0.381. The fraction of sp³-hybridized carbons (Fsp3) is 0.333. The minimum atomic E-state index is -2.51. The second-order valence-corrected chi connectivity index (χ2v) is 2.61. The van der Waals surface area contributed by atoms with E-state index in [1.165, 1.54) is 0 Å². The van der Waals surface area contributed by atoms with Gasteiger partial charge in [0.1, 0.15) is 0 Å². The van der Waals surface area contributed by atoms with Gasteiger partial charge in [0.25, 0.3) is 0 Å².